The van der Waals surface area contributed by atoms with Gasteiger partial charge < -0.3 is 0 Å². The molecule has 6 aliphatic carbocycles. The lowest BCUT2D eigenvalue weighted by Crippen LogP contribution is -2.62. The lowest BCUT2D eigenvalue weighted by atomic mass is 9.33. The Morgan fingerprint density at radius 3 is 2.43 bits per heavy atom. The van der Waals surface area contributed by atoms with Crippen molar-refractivity contribution in [3.05, 3.63) is 34.4 Å². The molecule has 0 radical (unpaired) electrons. The molecule has 0 aromatic heterocycles. The predicted octanol–water partition coefficient (Wildman–Crippen LogP) is 2.71. The van der Waals surface area contributed by atoms with Gasteiger partial charge in [-0.15, -0.1) is 0 Å². The number of benzene rings is 1. The standard InChI is InChI=1S/C14H10/c1-4-5-2-7-6(1)12-13(7)14(12)3-8-9(4)10(5)11(8)14/h1-2,8-13H,3H2. The summed E-state index contributed by atoms with van der Waals surface area (Å²) in [6, 6.07) is 5.21. The molecule has 7 atom stereocenters. The molecule has 66 valence electrons. The van der Waals surface area contributed by atoms with Crippen LogP contribution in [0.4, 0.5) is 0 Å². The first-order valence-electron chi connectivity index (χ1n) is 6.10. The molecule has 0 heteroatoms. The summed E-state index contributed by atoms with van der Waals surface area (Å²) >= 11 is 0. The number of hydrogen-bond acceptors (Lipinski definition) is 0. The summed E-state index contributed by atoms with van der Waals surface area (Å²) < 4.78 is 0. The lowest BCUT2D eigenvalue weighted by Gasteiger charge is -2.71. The van der Waals surface area contributed by atoms with Gasteiger partial charge in [-0.25, -0.2) is 0 Å². The number of fused-ring (bicyclic) bond motifs is 3. The van der Waals surface area contributed by atoms with E-state index in [1.165, 1.54) is 5.92 Å². The molecule has 3 saturated carbocycles. The van der Waals surface area contributed by atoms with Crippen LogP contribution < -0.4 is 0 Å². The van der Waals surface area contributed by atoms with Crippen LogP contribution >= 0.6 is 0 Å². The van der Waals surface area contributed by atoms with Crippen LogP contribution in [0.3, 0.4) is 0 Å². The van der Waals surface area contributed by atoms with E-state index in [0.717, 1.165) is 35.0 Å². The van der Waals surface area contributed by atoms with Crippen molar-refractivity contribution in [1.29, 1.82) is 0 Å². The lowest BCUT2D eigenvalue weighted by molar-refractivity contribution is -0.117. The van der Waals surface area contributed by atoms with Gasteiger partial charge in [0.1, 0.15) is 0 Å². The Morgan fingerprint density at radius 1 is 0.929 bits per heavy atom. The zero-order valence-electron chi connectivity index (χ0n) is 7.83. The Morgan fingerprint density at radius 2 is 1.64 bits per heavy atom. The smallest absolute Gasteiger partial charge is 0.00186 e. The molecular formula is C14H10. The summed E-state index contributed by atoms with van der Waals surface area (Å²) in [5, 5.41) is 0. The van der Waals surface area contributed by atoms with Gasteiger partial charge in [0.2, 0.25) is 0 Å². The van der Waals surface area contributed by atoms with Gasteiger partial charge >= 0.3 is 0 Å². The van der Waals surface area contributed by atoms with Crippen LogP contribution in [0.5, 0.6) is 0 Å². The minimum absolute atomic E-state index is 0.872. The van der Waals surface area contributed by atoms with Gasteiger partial charge in [-0.1, -0.05) is 12.1 Å². The fourth-order valence-electron chi connectivity index (χ4n) is 6.67. The van der Waals surface area contributed by atoms with Gasteiger partial charge in [0.25, 0.3) is 0 Å². The highest BCUT2D eigenvalue weighted by molar-refractivity contribution is 5.73. The molecule has 6 aliphatic rings. The van der Waals surface area contributed by atoms with Crippen LogP contribution in [0.2, 0.25) is 0 Å². The first-order chi connectivity index (χ1) is 6.93. The van der Waals surface area contributed by atoms with Crippen molar-refractivity contribution in [1.82, 2.24) is 0 Å². The third kappa shape index (κ3) is 0.225. The van der Waals surface area contributed by atoms with E-state index < -0.39 is 0 Å². The second kappa shape index (κ2) is 1.05. The van der Waals surface area contributed by atoms with Crippen LogP contribution in [-0.2, 0) is 0 Å². The average Bonchev–Trinajstić information content (AvgIpc) is 2.65. The largest absolute Gasteiger partial charge is 0.0546 e. The second-order valence-corrected chi connectivity index (χ2v) is 6.62. The topological polar surface area (TPSA) is 0 Å². The Labute approximate surface area is 82.3 Å². The molecule has 1 aromatic rings. The summed E-state index contributed by atoms with van der Waals surface area (Å²) in [6.45, 7) is 0. The Hall–Kier alpha value is -0.780. The highest BCUT2D eigenvalue weighted by atomic mass is 14.9. The molecule has 14 heavy (non-hydrogen) atoms. The van der Waals surface area contributed by atoms with Crippen LogP contribution in [0, 0.1) is 17.3 Å². The fraction of sp³-hybridized carbons (Fsp3) is 0.571. The molecule has 0 saturated heterocycles. The molecule has 1 aromatic carbocycles. The second-order valence-electron chi connectivity index (χ2n) is 6.62. The van der Waals surface area contributed by atoms with Gasteiger partial charge in [0.15, 0.2) is 0 Å². The third-order valence-corrected chi connectivity index (χ3v) is 6.97. The van der Waals surface area contributed by atoms with E-state index in [1.54, 1.807) is 28.7 Å². The molecule has 7 unspecified atom stereocenters. The van der Waals surface area contributed by atoms with Crippen molar-refractivity contribution >= 4 is 0 Å². The zero-order valence-corrected chi connectivity index (χ0v) is 7.83. The summed E-state index contributed by atoms with van der Waals surface area (Å²) in [4.78, 5) is 0. The maximum Gasteiger partial charge on any atom is -0.00186 e. The summed E-state index contributed by atoms with van der Waals surface area (Å²) in [5.74, 6) is 6.56. The maximum atomic E-state index is 2.61. The van der Waals surface area contributed by atoms with Gasteiger partial charge in [0, 0.05) is 0 Å². The van der Waals surface area contributed by atoms with Gasteiger partial charge in [0.05, 0.1) is 0 Å². The molecule has 0 N–H and O–H groups in total. The van der Waals surface area contributed by atoms with Crippen molar-refractivity contribution in [3.63, 3.8) is 0 Å². The average molecular weight is 178 g/mol. The van der Waals surface area contributed by atoms with E-state index in [9.17, 15) is 0 Å². The first kappa shape index (κ1) is 5.34. The minimum Gasteiger partial charge on any atom is -0.0546 e. The van der Waals surface area contributed by atoms with Crippen molar-refractivity contribution < 1.29 is 0 Å². The van der Waals surface area contributed by atoms with E-state index >= 15 is 0 Å². The van der Waals surface area contributed by atoms with Crippen molar-refractivity contribution in [3.8, 4) is 0 Å². The first-order valence-corrected chi connectivity index (χ1v) is 6.10. The highest BCUT2D eigenvalue weighted by Crippen LogP contribution is 2.98. The zero-order chi connectivity index (χ0) is 8.39. The van der Waals surface area contributed by atoms with Crippen LogP contribution in [0.25, 0.3) is 0 Å². The minimum atomic E-state index is 0.872. The van der Waals surface area contributed by atoms with E-state index in [-0.39, 0.29) is 0 Å². The molecule has 2 bridgehead atoms. The van der Waals surface area contributed by atoms with Crippen LogP contribution in [0.1, 0.15) is 52.3 Å². The van der Waals surface area contributed by atoms with Gasteiger partial charge in [-0.2, -0.15) is 0 Å². The van der Waals surface area contributed by atoms with Crippen molar-refractivity contribution in [2.45, 2.75) is 30.1 Å². The maximum absolute atomic E-state index is 2.61. The Bertz CT molecular complexity index is 584. The predicted molar refractivity (Wildman–Crippen MR) is 51.4 cm³/mol. The molecule has 0 heterocycles. The highest BCUT2D eigenvalue weighted by Gasteiger charge is 2.88. The van der Waals surface area contributed by atoms with E-state index in [4.69, 9.17) is 0 Å². The molecular weight excluding hydrogens is 168 g/mol. The summed E-state index contributed by atoms with van der Waals surface area (Å²) in [6.07, 6.45) is 1.61. The molecule has 3 fully saturated rings. The Balaban J connectivity index is 1.84. The monoisotopic (exact) mass is 178 g/mol. The van der Waals surface area contributed by atoms with E-state index in [0.29, 0.717) is 0 Å². The molecule has 0 nitrogen and oxygen atoms in total. The number of hydrogen-bond donors (Lipinski definition) is 0. The number of rotatable bonds is 0. The molecule has 1 spiro atoms. The molecule has 7 rings (SSSR count). The SMILES string of the molecule is c1c2c3cc4c1C1C4C14CC1C2C3C14. The summed E-state index contributed by atoms with van der Waals surface area (Å²) in [5.41, 5.74) is 8.03. The van der Waals surface area contributed by atoms with Crippen LogP contribution in [-0.4, -0.2) is 0 Å². The summed E-state index contributed by atoms with van der Waals surface area (Å²) in [7, 11) is 0. The normalized spacial score (nSPS) is 68.0. The van der Waals surface area contributed by atoms with Gasteiger partial charge in [-0.05, 0) is 69.6 Å². The van der Waals surface area contributed by atoms with E-state index in [1.807, 2.05) is 0 Å². The van der Waals surface area contributed by atoms with Gasteiger partial charge in [-0.3, -0.25) is 0 Å². The van der Waals surface area contributed by atoms with E-state index in [2.05, 4.69) is 12.1 Å². The molecule has 0 aliphatic heterocycles. The van der Waals surface area contributed by atoms with Crippen molar-refractivity contribution in [2.24, 2.45) is 17.3 Å². The fourth-order valence-corrected chi connectivity index (χ4v) is 6.67. The molecule has 0 amide bonds. The third-order valence-electron chi connectivity index (χ3n) is 6.97. The van der Waals surface area contributed by atoms with Crippen LogP contribution in [0.15, 0.2) is 12.1 Å². The quantitative estimate of drug-likeness (QED) is 0.573. The Kier molecular flexibility index (Phi) is 0.402. The van der Waals surface area contributed by atoms with Crippen molar-refractivity contribution in [2.75, 3.05) is 0 Å².